The third-order valence-corrected chi connectivity index (χ3v) is 7.32. The molecule has 0 bridgehead atoms. The first-order chi connectivity index (χ1) is 17.3. The maximum Gasteiger partial charge on any atom is 0.255 e. The molecule has 0 radical (unpaired) electrons. The Morgan fingerprint density at radius 1 is 0.806 bits per heavy atom. The lowest BCUT2D eigenvalue weighted by molar-refractivity contribution is 0.0746. The number of carbonyl (C=O) groups is 1. The zero-order valence-electron chi connectivity index (χ0n) is 19.5. The van der Waals surface area contributed by atoms with Crippen molar-refractivity contribution in [3.8, 4) is 16.9 Å². The Labute approximate surface area is 224 Å². The third-order valence-electron chi connectivity index (χ3n) is 6.53. The van der Waals surface area contributed by atoms with E-state index in [1.54, 1.807) is 24.3 Å². The van der Waals surface area contributed by atoms with Crippen molar-refractivity contribution in [3.63, 3.8) is 0 Å². The summed E-state index contributed by atoms with van der Waals surface area (Å²) in [6.07, 6.45) is 0. The Morgan fingerprint density at radius 3 is 2.08 bits per heavy atom. The molecule has 4 nitrogen and oxygen atoms in total. The highest BCUT2D eigenvalue weighted by molar-refractivity contribution is 6.35. The third kappa shape index (κ3) is 4.83. The van der Waals surface area contributed by atoms with Gasteiger partial charge in [-0.3, -0.25) is 4.79 Å². The van der Waals surface area contributed by atoms with Gasteiger partial charge in [0.2, 0.25) is 0 Å². The fourth-order valence-electron chi connectivity index (χ4n) is 4.62. The van der Waals surface area contributed by atoms with Gasteiger partial charge in [0.1, 0.15) is 5.82 Å². The number of hydrogen-bond donors (Lipinski definition) is 0. The van der Waals surface area contributed by atoms with Crippen LogP contribution in [0.25, 0.3) is 16.9 Å². The molecule has 36 heavy (non-hydrogen) atoms. The number of rotatable bonds is 4. The summed E-state index contributed by atoms with van der Waals surface area (Å²) in [7, 11) is 0. The van der Waals surface area contributed by atoms with E-state index in [-0.39, 0.29) is 11.7 Å². The second-order valence-corrected chi connectivity index (χ2v) is 10.0. The summed E-state index contributed by atoms with van der Waals surface area (Å²) in [5.74, 6) is -0.296. The van der Waals surface area contributed by atoms with Crippen molar-refractivity contribution < 1.29 is 9.18 Å². The van der Waals surface area contributed by atoms with E-state index in [9.17, 15) is 9.18 Å². The molecule has 0 aliphatic carbocycles. The van der Waals surface area contributed by atoms with Crippen molar-refractivity contribution in [2.45, 2.75) is 6.92 Å². The van der Waals surface area contributed by atoms with Gasteiger partial charge in [0.05, 0.1) is 22.0 Å². The van der Waals surface area contributed by atoms with Gasteiger partial charge < -0.3 is 14.4 Å². The van der Waals surface area contributed by atoms with Gasteiger partial charge in [-0.15, -0.1) is 0 Å². The van der Waals surface area contributed by atoms with Gasteiger partial charge in [0.15, 0.2) is 0 Å². The monoisotopic (exact) mass is 541 g/mol. The van der Waals surface area contributed by atoms with Gasteiger partial charge in [-0.05, 0) is 73.2 Å². The van der Waals surface area contributed by atoms with Gasteiger partial charge >= 0.3 is 0 Å². The molecule has 1 fully saturated rings. The average Bonchev–Trinajstić information content (AvgIpc) is 3.21. The Morgan fingerprint density at radius 2 is 1.44 bits per heavy atom. The molecular formula is C28H23Cl3FN3O. The number of amides is 1. The van der Waals surface area contributed by atoms with E-state index < -0.39 is 0 Å². The van der Waals surface area contributed by atoms with Gasteiger partial charge in [-0.2, -0.15) is 0 Å². The maximum absolute atomic E-state index is 13.7. The molecule has 3 aromatic carbocycles. The summed E-state index contributed by atoms with van der Waals surface area (Å²) in [5, 5.41) is 1.66. The topological polar surface area (TPSA) is 28.5 Å². The van der Waals surface area contributed by atoms with E-state index in [0.29, 0.717) is 46.8 Å². The van der Waals surface area contributed by atoms with Crippen molar-refractivity contribution in [2.24, 2.45) is 0 Å². The lowest BCUT2D eigenvalue weighted by Gasteiger charge is -2.36. The minimum atomic E-state index is -0.259. The minimum Gasteiger partial charge on any atom is -0.368 e. The molecule has 1 saturated heterocycles. The van der Waals surface area contributed by atoms with Crippen LogP contribution in [0.15, 0.2) is 72.8 Å². The Balaban J connectivity index is 1.48. The van der Waals surface area contributed by atoms with Crippen molar-refractivity contribution in [2.75, 3.05) is 31.1 Å². The van der Waals surface area contributed by atoms with Crippen LogP contribution in [0.2, 0.25) is 15.1 Å². The van der Waals surface area contributed by atoms with E-state index in [2.05, 4.69) is 4.90 Å². The molecule has 8 heteroatoms. The van der Waals surface area contributed by atoms with E-state index >= 15 is 0 Å². The number of hydrogen-bond acceptors (Lipinski definition) is 2. The summed E-state index contributed by atoms with van der Waals surface area (Å²) >= 11 is 18.9. The first kappa shape index (κ1) is 24.7. The molecule has 0 unspecified atom stereocenters. The van der Waals surface area contributed by atoms with Gasteiger partial charge in [-0.1, -0.05) is 46.9 Å². The van der Waals surface area contributed by atoms with Crippen LogP contribution in [0.5, 0.6) is 0 Å². The van der Waals surface area contributed by atoms with Gasteiger partial charge in [0.25, 0.3) is 5.91 Å². The molecule has 4 aromatic rings. The molecule has 5 rings (SSSR count). The lowest BCUT2D eigenvalue weighted by atomic mass is 10.1. The Bertz CT molecular complexity index is 1410. The van der Waals surface area contributed by atoms with Crippen LogP contribution >= 0.6 is 34.8 Å². The van der Waals surface area contributed by atoms with Crippen LogP contribution in [-0.4, -0.2) is 41.6 Å². The second kappa shape index (κ2) is 10.2. The van der Waals surface area contributed by atoms with Crippen LogP contribution in [0.3, 0.4) is 0 Å². The molecular weight excluding hydrogens is 520 g/mol. The van der Waals surface area contributed by atoms with Crippen molar-refractivity contribution in [1.29, 1.82) is 0 Å². The summed E-state index contributed by atoms with van der Waals surface area (Å²) in [6, 6.07) is 21.2. The highest BCUT2D eigenvalue weighted by Gasteiger charge is 2.27. The number of anilines is 1. The SMILES string of the molecule is Cc1c(C(=O)N2CCN(c3ccc(F)cc3)CC2)cc(-c2ccc(Cl)cc2)n1-c1ccc(Cl)cc1Cl. The molecule has 1 amide bonds. The Hall–Kier alpha value is -2.99. The zero-order valence-corrected chi connectivity index (χ0v) is 21.8. The average molecular weight is 543 g/mol. The van der Waals surface area contributed by atoms with Crippen molar-refractivity contribution >= 4 is 46.4 Å². The van der Waals surface area contributed by atoms with E-state index in [1.807, 2.05) is 52.8 Å². The van der Waals surface area contributed by atoms with Gasteiger partial charge in [-0.25, -0.2) is 4.39 Å². The predicted molar refractivity (Wildman–Crippen MR) is 145 cm³/mol. The van der Waals surface area contributed by atoms with Crippen LogP contribution in [-0.2, 0) is 0 Å². The molecule has 0 spiro atoms. The summed E-state index contributed by atoms with van der Waals surface area (Å²) in [4.78, 5) is 17.7. The largest absolute Gasteiger partial charge is 0.368 e. The van der Waals surface area contributed by atoms with Crippen LogP contribution < -0.4 is 4.90 Å². The van der Waals surface area contributed by atoms with E-state index in [1.165, 1.54) is 12.1 Å². The highest BCUT2D eigenvalue weighted by Crippen LogP contribution is 2.35. The maximum atomic E-state index is 13.7. The summed E-state index contributed by atoms with van der Waals surface area (Å²) < 4.78 is 15.3. The number of nitrogens with zero attached hydrogens (tertiary/aromatic N) is 3. The summed E-state index contributed by atoms with van der Waals surface area (Å²) in [6.45, 7) is 4.40. The first-order valence-electron chi connectivity index (χ1n) is 11.6. The number of benzene rings is 3. The van der Waals surface area contributed by atoms with E-state index in [0.717, 1.165) is 28.3 Å². The molecule has 2 heterocycles. The quantitative estimate of drug-likeness (QED) is 0.267. The van der Waals surface area contributed by atoms with Crippen molar-refractivity contribution in [3.05, 3.63) is 105 Å². The van der Waals surface area contributed by atoms with Crippen LogP contribution in [0.1, 0.15) is 16.1 Å². The number of piperazine rings is 1. The molecule has 0 atom stereocenters. The second-order valence-electron chi connectivity index (χ2n) is 8.72. The molecule has 0 saturated carbocycles. The molecule has 184 valence electrons. The van der Waals surface area contributed by atoms with Crippen LogP contribution in [0, 0.1) is 12.7 Å². The molecule has 1 aliphatic rings. The van der Waals surface area contributed by atoms with Crippen LogP contribution in [0.4, 0.5) is 10.1 Å². The Kier molecular flexibility index (Phi) is 6.98. The molecule has 1 aromatic heterocycles. The fraction of sp³-hybridized carbons (Fsp3) is 0.179. The predicted octanol–water partition coefficient (Wildman–Crippen LogP) is 7.51. The molecule has 1 aliphatic heterocycles. The highest BCUT2D eigenvalue weighted by atomic mass is 35.5. The normalized spacial score (nSPS) is 13.8. The standard InChI is InChI=1S/C28H23Cl3FN3O/c1-18-24(28(36)34-14-12-33(13-15-34)23-9-7-22(32)8-10-23)17-27(19-2-4-20(29)5-3-19)35(18)26-11-6-21(30)16-25(26)31/h2-11,16-17H,12-15H2,1H3. The van der Waals surface area contributed by atoms with Crippen molar-refractivity contribution in [1.82, 2.24) is 9.47 Å². The fourth-order valence-corrected chi connectivity index (χ4v) is 5.24. The number of carbonyl (C=O) groups excluding carboxylic acids is 1. The smallest absolute Gasteiger partial charge is 0.255 e. The summed E-state index contributed by atoms with van der Waals surface area (Å²) in [5.41, 5.74) is 4.84. The minimum absolute atomic E-state index is 0.0368. The zero-order chi connectivity index (χ0) is 25.4. The van der Waals surface area contributed by atoms with Gasteiger partial charge in [0, 0.05) is 47.6 Å². The lowest BCUT2D eigenvalue weighted by Crippen LogP contribution is -2.48. The molecule has 0 N–H and O–H groups in total. The van der Waals surface area contributed by atoms with E-state index in [4.69, 9.17) is 34.8 Å². The number of aromatic nitrogens is 1. The first-order valence-corrected chi connectivity index (χ1v) is 12.7. The number of halogens is 4.